The second kappa shape index (κ2) is 25.1. The monoisotopic (exact) mass is 642 g/mol. The molecule has 40 heavy (non-hydrogen) atoms. The molecule has 0 saturated carbocycles. The molecule has 0 aliphatic rings. The van der Waals surface area contributed by atoms with Crippen molar-refractivity contribution in [3.63, 3.8) is 0 Å². The van der Waals surface area contributed by atoms with Gasteiger partial charge in [-0.05, 0) is 30.5 Å². The van der Waals surface area contributed by atoms with Gasteiger partial charge >= 0.3 is 29.6 Å². The van der Waals surface area contributed by atoms with E-state index in [1.54, 1.807) is 5.75 Å². The van der Waals surface area contributed by atoms with Crippen molar-refractivity contribution < 1.29 is 43.2 Å². The van der Waals surface area contributed by atoms with Gasteiger partial charge in [0.2, 0.25) is 0 Å². The molecule has 2 aromatic carbocycles. The van der Waals surface area contributed by atoms with E-state index in [2.05, 4.69) is 35.8 Å². The van der Waals surface area contributed by atoms with E-state index in [1.165, 1.54) is 89.9 Å². The Kier molecular flexibility index (Phi) is 23.5. The maximum atomic E-state index is 13.1. The first-order valence-electron chi connectivity index (χ1n) is 15.5. The van der Waals surface area contributed by atoms with E-state index >= 15 is 0 Å². The quantitative estimate of drug-likeness (QED) is 0.0505. The van der Waals surface area contributed by atoms with Crippen LogP contribution in [-0.4, -0.2) is 17.4 Å². The minimum Gasteiger partial charge on any atom is -0.550 e. The first kappa shape index (κ1) is 37.6. The molecule has 0 heterocycles. The topological polar surface area (TPSA) is 35.5 Å². The summed E-state index contributed by atoms with van der Waals surface area (Å²) in [7, 11) is -1.26. The molecular weight excluding hydrogens is 591 g/mol. The number of hydrogen-bond donors (Lipinski definition) is 0. The van der Waals surface area contributed by atoms with E-state index in [1.807, 2.05) is 36.4 Å². The van der Waals surface area contributed by atoms with Gasteiger partial charge in [0.1, 0.15) is 0 Å². The molecule has 0 bridgehead atoms. The SMILES string of the molecule is CCCCCCCCCCOc1cc(CBr)c(OCCCCCCCCCC)cc1[CH-]S(=O)c1ccccc1.[Na+]. The predicted octanol–water partition coefficient (Wildman–Crippen LogP) is 7.94. The zero-order chi connectivity index (χ0) is 28.0. The Balaban J connectivity index is 0.00000800. The van der Waals surface area contributed by atoms with Crippen LogP contribution >= 0.6 is 15.9 Å². The Bertz CT molecular complexity index is 910. The third-order valence-corrected chi connectivity index (χ3v) is 8.87. The van der Waals surface area contributed by atoms with E-state index in [0.29, 0.717) is 18.5 Å². The number of benzene rings is 2. The van der Waals surface area contributed by atoms with Crippen LogP contribution in [-0.2, 0) is 16.1 Å². The van der Waals surface area contributed by atoms with Crippen molar-refractivity contribution >= 4 is 26.7 Å². The number of unbranched alkanes of at least 4 members (excludes halogenated alkanes) is 14. The Labute approximate surface area is 278 Å². The average molecular weight is 644 g/mol. The van der Waals surface area contributed by atoms with Crippen molar-refractivity contribution in [1.29, 1.82) is 0 Å². The van der Waals surface area contributed by atoms with Gasteiger partial charge in [0, 0.05) is 26.8 Å². The fraction of sp³-hybridized carbons (Fsp3) is 0.618. The van der Waals surface area contributed by atoms with E-state index < -0.39 is 10.8 Å². The summed E-state index contributed by atoms with van der Waals surface area (Å²) < 4.78 is 25.7. The third kappa shape index (κ3) is 16.2. The summed E-state index contributed by atoms with van der Waals surface area (Å²) in [6.07, 6.45) is 20.4. The number of ether oxygens (including phenoxy) is 2. The molecule has 0 saturated heterocycles. The molecule has 0 aliphatic heterocycles. The Morgan fingerprint density at radius 1 is 0.675 bits per heavy atom. The number of alkyl halides is 1. The van der Waals surface area contributed by atoms with Crippen molar-refractivity contribution in [1.82, 2.24) is 0 Å². The van der Waals surface area contributed by atoms with Gasteiger partial charge in [0.25, 0.3) is 0 Å². The largest absolute Gasteiger partial charge is 1.00 e. The van der Waals surface area contributed by atoms with Gasteiger partial charge in [-0.25, -0.2) is 0 Å². The van der Waals surface area contributed by atoms with Crippen LogP contribution in [0.4, 0.5) is 0 Å². The van der Waals surface area contributed by atoms with Gasteiger partial charge in [-0.3, -0.25) is 4.21 Å². The molecule has 0 aromatic heterocycles. The fourth-order valence-electron chi connectivity index (χ4n) is 4.65. The molecular formula is C34H52BrNaO3S. The van der Waals surface area contributed by atoms with Crippen LogP contribution in [0.3, 0.4) is 0 Å². The molecule has 0 aliphatic carbocycles. The van der Waals surface area contributed by atoms with Gasteiger partial charge in [-0.15, -0.1) is 11.6 Å². The summed E-state index contributed by atoms with van der Waals surface area (Å²) >= 11 is 3.64. The first-order chi connectivity index (χ1) is 19.2. The number of hydrogen-bond acceptors (Lipinski definition) is 3. The van der Waals surface area contributed by atoms with Crippen LogP contribution in [0.1, 0.15) is 128 Å². The molecule has 1 unspecified atom stereocenters. The second-order valence-electron chi connectivity index (χ2n) is 10.5. The molecule has 0 N–H and O–H groups in total. The number of rotatable bonds is 24. The summed E-state index contributed by atoms with van der Waals surface area (Å²) in [6.45, 7) is 5.90. The maximum Gasteiger partial charge on any atom is 1.00 e. The van der Waals surface area contributed by atoms with Crippen molar-refractivity contribution in [3.8, 4) is 11.5 Å². The molecule has 2 aromatic rings. The predicted molar refractivity (Wildman–Crippen MR) is 172 cm³/mol. The maximum absolute atomic E-state index is 13.1. The van der Waals surface area contributed by atoms with Crippen molar-refractivity contribution in [2.24, 2.45) is 0 Å². The molecule has 220 valence electrons. The van der Waals surface area contributed by atoms with Gasteiger partial charge in [0.15, 0.2) is 0 Å². The zero-order valence-corrected chi connectivity index (χ0v) is 30.0. The summed E-state index contributed by atoms with van der Waals surface area (Å²) in [4.78, 5) is 0.789. The van der Waals surface area contributed by atoms with E-state index in [4.69, 9.17) is 9.47 Å². The minimum atomic E-state index is -1.26. The molecule has 0 amide bonds. The van der Waals surface area contributed by atoms with Gasteiger partial charge in [-0.1, -0.05) is 150 Å². The van der Waals surface area contributed by atoms with Crippen molar-refractivity contribution in [3.05, 3.63) is 59.3 Å². The molecule has 0 spiro atoms. The van der Waals surface area contributed by atoms with E-state index in [0.717, 1.165) is 40.4 Å². The second-order valence-corrected chi connectivity index (χ2v) is 12.4. The molecule has 0 fully saturated rings. The van der Waals surface area contributed by atoms with Crippen LogP contribution in [0.2, 0.25) is 0 Å². The summed E-state index contributed by atoms with van der Waals surface area (Å²) in [5.41, 5.74) is 1.91. The summed E-state index contributed by atoms with van der Waals surface area (Å²) in [5.74, 6) is 3.45. The smallest absolute Gasteiger partial charge is 0.550 e. The molecule has 0 radical (unpaired) electrons. The van der Waals surface area contributed by atoms with E-state index in [9.17, 15) is 4.21 Å². The van der Waals surface area contributed by atoms with E-state index in [-0.39, 0.29) is 29.6 Å². The Morgan fingerprint density at radius 3 is 1.65 bits per heavy atom. The third-order valence-electron chi connectivity index (χ3n) is 7.06. The average Bonchev–Trinajstić information content (AvgIpc) is 2.96. The zero-order valence-electron chi connectivity index (χ0n) is 25.6. The van der Waals surface area contributed by atoms with Crippen molar-refractivity contribution in [2.75, 3.05) is 13.2 Å². The molecule has 3 nitrogen and oxygen atoms in total. The number of halogens is 1. The van der Waals surface area contributed by atoms with Crippen LogP contribution in [0.5, 0.6) is 11.5 Å². The van der Waals surface area contributed by atoms with Gasteiger partial charge in [-0.2, -0.15) is 0 Å². The van der Waals surface area contributed by atoms with Gasteiger partial charge < -0.3 is 9.47 Å². The fourth-order valence-corrected chi connectivity index (χ4v) is 6.06. The van der Waals surface area contributed by atoms with Crippen LogP contribution in [0.15, 0.2) is 47.4 Å². The normalized spacial score (nSPS) is 11.6. The van der Waals surface area contributed by atoms with Crippen LogP contribution in [0, 0.1) is 5.75 Å². The molecule has 1 atom stereocenters. The minimum absolute atomic E-state index is 0. The van der Waals surface area contributed by atoms with Gasteiger partial charge in [0.05, 0.1) is 19.0 Å². The molecule has 2 rings (SSSR count). The first-order valence-corrected chi connectivity index (χ1v) is 17.8. The van der Waals surface area contributed by atoms with Crippen molar-refractivity contribution in [2.45, 2.75) is 127 Å². The van der Waals surface area contributed by atoms with Crippen LogP contribution < -0.4 is 39.0 Å². The Hall–Kier alpha value is -0.460. The summed E-state index contributed by atoms with van der Waals surface area (Å²) in [5, 5.41) is 0.690. The molecule has 6 heteroatoms. The summed E-state index contributed by atoms with van der Waals surface area (Å²) in [6, 6.07) is 13.7. The Morgan fingerprint density at radius 2 is 1.15 bits per heavy atom. The van der Waals surface area contributed by atoms with Crippen LogP contribution in [0.25, 0.3) is 0 Å². The standard InChI is InChI=1S/C34H52BrO3S.Na/c1-3-5-7-9-11-13-15-20-24-37-33-27-31(29-39(36)32-22-18-17-19-23-32)34(26-30(33)28-35)38-25-21-16-14-12-10-8-6-4-2;/h17-19,22-23,26-27,29H,3-16,20-21,24-25,28H2,1-2H3;/q-1;+1.